The van der Waals surface area contributed by atoms with Gasteiger partial charge in [0.05, 0.1) is 5.56 Å². The normalized spacial score (nSPS) is 27.7. The van der Waals surface area contributed by atoms with Crippen molar-refractivity contribution in [1.29, 1.82) is 0 Å². The van der Waals surface area contributed by atoms with Gasteiger partial charge in [0.2, 0.25) is 0 Å². The van der Waals surface area contributed by atoms with E-state index in [1.54, 1.807) is 12.1 Å². The van der Waals surface area contributed by atoms with Crippen LogP contribution in [0.15, 0.2) is 29.4 Å². The van der Waals surface area contributed by atoms with E-state index in [-0.39, 0.29) is 5.56 Å². The fourth-order valence-corrected chi connectivity index (χ4v) is 2.99. The largest absolute Gasteiger partial charge is 0.274 e. The summed E-state index contributed by atoms with van der Waals surface area (Å²) in [5, 5.41) is 4.17. The number of rotatable bonds is 2. The van der Waals surface area contributed by atoms with Crippen molar-refractivity contribution >= 4 is 11.6 Å². The second-order valence-corrected chi connectivity index (χ2v) is 5.10. The van der Waals surface area contributed by atoms with Crippen molar-refractivity contribution in [3.63, 3.8) is 0 Å². The summed E-state index contributed by atoms with van der Waals surface area (Å²) in [6.07, 6.45) is 4.65. The van der Waals surface area contributed by atoms with Gasteiger partial charge in [0, 0.05) is 5.71 Å². The zero-order valence-corrected chi connectivity index (χ0v) is 10.0. The average Bonchev–Trinajstić information content (AvgIpc) is 2.98. The molecule has 2 aliphatic carbocycles. The van der Waals surface area contributed by atoms with Crippen LogP contribution in [0.25, 0.3) is 0 Å². The average molecular weight is 246 g/mol. The van der Waals surface area contributed by atoms with E-state index in [1.807, 2.05) is 0 Å². The predicted molar refractivity (Wildman–Crippen MR) is 66.7 cm³/mol. The zero-order chi connectivity index (χ0) is 12.5. The van der Waals surface area contributed by atoms with Gasteiger partial charge in [-0.25, -0.2) is 9.82 Å². The first-order chi connectivity index (χ1) is 8.74. The van der Waals surface area contributed by atoms with Gasteiger partial charge < -0.3 is 0 Å². The van der Waals surface area contributed by atoms with Crippen molar-refractivity contribution in [2.45, 2.75) is 25.7 Å². The van der Waals surface area contributed by atoms with Crippen molar-refractivity contribution < 1.29 is 9.18 Å². The van der Waals surface area contributed by atoms with Gasteiger partial charge in [0.25, 0.3) is 5.91 Å². The maximum atomic E-state index is 13.4. The molecule has 0 radical (unpaired) electrons. The molecule has 2 aliphatic rings. The van der Waals surface area contributed by atoms with E-state index in [4.69, 9.17) is 0 Å². The van der Waals surface area contributed by atoms with Crippen molar-refractivity contribution in [3.05, 3.63) is 35.6 Å². The van der Waals surface area contributed by atoms with Crippen LogP contribution in [0.3, 0.4) is 0 Å². The Labute approximate surface area is 105 Å². The highest BCUT2D eigenvalue weighted by Gasteiger charge is 2.36. The number of halogens is 1. The van der Waals surface area contributed by atoms with E-state index < -0.39 is 11.7 Å². The summed E-state index contributed by atoms with van der Waals surface area (Å²) in [6.45, 7) is 0. The molecule has 94 valence electrons. The molecule has 1 N–H and O–H groups in total. The molecule has 18 heavy (non-hydrogen) atoms. The predicted octanol–water partition coefficient (Wildman–Crippen LogP) is 2.73. The van der Waals surface area contributed by atoms with Crippen LogP contribution >= 0.6 is 0 Å². The fraction of sp³-hybridized carbons (Fsp3) is 0.429. The second kappa shape index (κ2) is 4.52. The van der Waals surface area contributed by atoms with Crippen molar-refractivity contribution in [2.75, 3.05) is 0 Å². The van der Waals surface area contributed by atoms with Crippen LogP contribution in [-0.4, -0.2) is 11.6 Å². The number of hydrogen-bond acceptors (Lipinski definition) is 2. The van der Waals surface area contributed by atoms with E-state index in [0.29, 0.717) is 5.92 Å². The van der Waals surface area contributed by atoms with Crippen LogP contribution in [0, 0.1) is 17.7 Å². The summed E-state index contributed by atoms with van der Waals surface area (Å²) in [4.78, 5) is 11.8. The summed E-state index contributed by atoms with van der Waals surface area (Å²) >= 11 is 0. The van der Waals surface area contributed by atoms with Gasteiger partial charge in [0.1, 0.15) is 5.82 Å². The lowest BCUT2D eigenvalue weighted by Crippen LogP contribution is -2.22. The summed E-state index contributed by atoms with van der Waals surface area (Å²) in [5.41, 5.74) is 3.60. The highest BCUT2D eigenvalue weighted by molar-refractivity contribution is 5.96. The molecule has 0 heterocycles. The van der Waals surface area contributed by atoms with E-state index >= 15 is 0 Å². The minimum atomic E-state index is -0.511. The topological polar surface area (TPSA) is 41.5 Å². The summed E-state index contributed by atoms with van der Waals surface area (Å²) in [7, 11) is 0. The molecule has 0 spiro atoms. The van der Waals surface area contributed by atoms with Crippen LogP contribution in [0.4, 0.5) is 4.39 Å². The van der Waals surface area contributed by atoms with Crippen LogP contribution in [0.1, 0.15) is 36.0 Å². The first kappa shape index (κ1) is 11.4. The molecule has 2 saturated carbocycles. The summed E-state index contributed by atoms with van der Waals surface area (Å²) in [6, 6.07) is 5.95. The fourth-order valence-electron chi connectivity index (χ4n) is 2.99. The molecule has 1 amide bonds. The maximum absolute atomic E-state index is 13.4. The molecule has 1 aromatic rings. The molecule has 4 heteroatoms. The van der Waals surface area contributed by atoms with Gasteiger partial charge in [-0.1, -0.05) is 12.1 Å². The quantitative estimate of drug-likeness (QED) is 0.801. The Hall–Kier alpha value is -1.71. The molecule has 0 aliphatic heterocycles. The van der Waals surface area contributed by atoms with Crippen LogP contribution in [-0.2, 0) is 0 Å². The first-order valence-electron chi connectivity index (χ1n) is 6.35. The molecule has 2 unspecified atom stereocenters. The second-order valence-electron chi connectivity index (χ2n) is 5.10. The molecule has 2 fully saturated rings. The van der Waals surface area contributed by atoms with Gasteiger partial charge in [-0.3, -0.25) is 4.79 Å². The SMILES string of the molecule is O=C(NN=C1CC2CCC1C2)c1ccccc1F. The van der Waals surface area contributed by atoms with Crippen LogP contribution in [0.5, 0.6) is 0 Å². The maximum Gasteiger partial charge on any atom is 0.274 e. The Morgan fingerprint density at radius 3 is 2.83 bits per heavy atom. The Balaban J connectivity index is 1.69. The van der Waals surface area contributed by atoms with E-state index in [9.17, 15) is 9.18 Å². The zero-order valence-electron chi connectivity index (χ0n) is 10.0. The Bertz CT molecular complexity index is 512. The summed E-state index contributed by atoms with van der Waals surface area (Å²) in [5.74, 6) is 0.307. The van der Waals surface area contributed by atoms with Crippen molar-refractivity contribution in [1.82, 2.24) is 5.43 Å². The van der Waals surface area contributed by atoms with E-state index in [1.165, 1.54) is 31.4 Å². The van der Waals surface area contributed by atoms with Gasteiger partial charge in [-0.15, -0.1) is 0 Å². The Morgan fingerprint density at radius 2 is 2.17 bits per heavy atom. The Kier molecular flexibility index (Phi) is 2.86. The minimum absolute atomic E-state index is 0.0463. The van der Waals surface area contributed by atoms with Crippen molar-refractivity contribution in [2.24, 2.45) is 16.9 Å². The molecule has 2 bridgehead atoms. The van der Waals surface area contributed by atoms with E-state index in [2.05, 4.69) is 10.5 Å². The number of nitrogens with one attached hydrogen (secondary N) is 1. The third-order valence-corrected chi connectivity index (χ3v) is 3.93. The van der Waals surface area contributed by atoms with Crippen LogP contribution in [0.2, 0.25) is 0 Å². The number of carbonyl (C=O) groups is 1. The summed E-state index contributed by atoms with van der Waals surface area (Å²) < 4.78 is 13.4. The first-order valence-corrected chi connectivity index (χ1v) is 6.35. The standard InChI is InChI=1S/C14H15FN2O/c15-12-4-2-1-3-11(12)14(18)17-16-13-8-9-5-6-10(13)7-9/h1-4,9-10H,5-8H2,(H,17,18). The lowest BCUT2D eigenvalue weighted by molar-refractivity contribution is 0.0950. The smallest absolute Gasteiger partial charge is 0.267 e. The molecule has 1 aromatic carbocycles. The van der Waals surface area contributed by atoms with Gasteiger partial charge >= 0.3 is 0 Å². The highest BCUT2D eigenvalue weighted by atomic mass is 19.1. The number of carbonyl (C=O) groups excluding carboxylic acids is 1. The molecule has 3 nitrogen and oxygen atoms in total. The van der Waals surface area contributed by atoms with Gasteiger partial charge in [-0.2, -0.15) is 5.10 Å². The molecule has 0 aromatic heterocycles. The third-order valence-electron chi connectivity index (χ3n) is 3.93. The van der Waals surface area contributed by atoms with Gasteiger partial charge in [-0.05, 0) is 49.7 Å². The van der Waals surface area contributed by atoms with Crippen molar-refractivity contribution in [3.8, 4) is 0 Å². The lowest BCUT2D eigenvalue weighted by Gasteiger charge is -2.11. The Morgan fingerprint density at radius 1 is 1.33 bits per heavy atom. The van der Waals surface area contributed by atoms with Crippen LogP contribution < -0.4 is 5.43 Å². The third kappa shape index (κ3) is 2.03. The number of hydrogen-bond donors (Lipinski definition) is 1. The number of fused-ring (bicyclic) bond motifs is 2. The monoisotopic (exact) mass is 246 g/mol. The van der Waals surface area contributed by atoms with E-state index in [0.717, 1.165) is 18.1 Å². The minimum Gasteiger partial charge on any atom is -0.267 e. The molecular weight excluding hydrogens is 231 g/mol. The lowest BCUT2D eigenvalue weighted by atomic mass is 9.99. The molecule has 3 rings (SSSR count). The molecular formula is C14H15FN2O. The number of hydrazone groups is 1. The highest BCUT2D eigenvalue weighted by Crippen LogP contribution is 2.42. The number of benzene rings is 1. The molecule has 2 atom stereocenters. The number of amides is 1. The number of nitrogens with zero attached hydrogens (tertiary/aromatic N) is 1. The van der Waals surface area contributed by atoms with Gasteiger partial charge in [0.15, 0.2) is 0 Å². The molecule has 0 saturated heterocycles.